The van der Waals surface area contributed by atoms with Crippen molar-refractivity contribution >= 4 is 17.3 Å². The van der Waals surface area contributed by atoms with E-state index < -0.39 is 0 Å². The molecule has 0 bridgehead atoms. The molecule has 0 amide bonds. The third kappa shape index (κ3) is 2.99. The van der Waals surface area contributed by atoms with Gasteiger partial charge in [-0.25, -0.2) is 0 Å². The Labute approximate surface area is 115 Å². The van der Waals surface area contributed by atoms with Crippen LogP contribution in [-0.4, -0.2) is 13.1 Å². The summed E-state index contributed by atoms with van der Waals surface area (Å²) in [4.78, 5) is 2.47. The number of nitrogens with two attached hydrogens (primary N) is 1. The molecule has 18 heavy (non-hydrogen) atoms. The van der Waals surface area contributed by atoms with E-state index in [1.165, 1.54) is 24.1 Å². The van der Waals surface area contributed by atoms with Crippen LogP contribution in [0.4, 0.5) is 5.69 Å². The van der Waals surface area contributed by atoms with Gasteiger partial charge >= 0.3 is 0 Å². The highest BCUT2D eigenvalue weighted by Crippen LogP contribution is 2.32. The Morgan fingerprint density at radius 2 is 2.28 bits per heavy atom. The van der Waals surface area contributed by atoms with Crippen LogP contribution in [0.5, 0.6) is 0 Å². The average Bonchev–Trinajstić information content (AvgIpc) is 2.37. The highest BCUT2D eigenvalue weighted by Gasteiger charge is 2.20. The minimum atomic E-state index is 0.0796. The van der Waals surface area contributed by atoms with Gasteiger partial charge in [-0.1, -0.05) is 25.4 Å². The first-order valence-electron chi connectivity index (χ1n) is 6.91. The Hall–Kier alpha value is -0.730. The number of nitrogens with zero attached hydrogens (tertiary/aromatic N) is 1. The van der Waals surface area contributed by atoms with Crippen LogP contribution in [0.25, 0.3) is 0 Å². The molecule has 0 saturated carbocycles. The molecule has 1 aromatic rings. The third-order valence-electron chi connectivity index (χ3n) is 3.83. The van der Waals surface area contributed by atoms with E-state index in [1.54, 1.807) is 0 Å². The fraction of sp³-hybridized carbons (Fsp3) is 0.600. The van der Waals surface area contributed by atoms with Crippen molar-refractivity contribution < 1.29 is 0 Å². The molecule has 0 spiro atoms. The summed E-state index contributed by atoms with van der Waals surface area (Å²) in [5.74, 6) is 0.764. The van der Waals surface area contributed by atoms with Gasteiger partial charge in [0.15, 0.2) is 0 Å². The molecule has 1 aliphatic rings. The molecule has 1 saturated heterocycles. The lowest BCUT2D eigenvalue weighted by molar-refractivity contribution is 0.445. The summed E-state index contributed by atoms with van der Waals surface area (Å²) >= 11 is 6.11. The lowest BCUT2D eigenvalue weighted by atomic mass is 9.97. The number of hydrogen-bond donors (Lipinski definition) is 1. The van der Waals surface area contributed by atoms with Crippen molar-refractivity contribution in [3.05, 3.63) is 28.8 Å². The molecule has 0 aromatic heterocycles. The summed E-state index contributed by atoms with van der Waals surface area (Å²) in [6.45, 7) is 6.70. The Morgan fingerprint density at radius 3 is 2.94 bits per heavy atom. The molecule has 0 radical (unpaired) electrons. The van der Waals surface area contributed by atoms with Crippen molar-refractivity contribution in [3.63, 3.8) is 0 Å². The van der Waals surface area contributed by atoms with Gasteiger partial charge in [0.05, 0.1) is 0 Å². The molecule has 0 unspecified atom stereocenters. The summed E-state index contributed by atoms with van der Waals surface area (Å²) in [5, 5.41) is 0.780. The monoisotopic (exact) mass is 266 g/mol. The Kier molecular flexibility index (Phi) is 4.52. The quantitative estimate of drug-likeness (QED) is 0.896. The van der Waals surface area contributed by atoms with Crippen LogP contribution in [0.1, 0.15) is 44.7 Å². The van der Waals surface area contributed by atoms with Gasteiger partial charge in [0, 0.05) is 29.8 Å². The van der Waals surface area contributed by atoms with E-state index in [2.05, 4.69) is 24.8 Å². The standard InChI is InChI=1S/C15H23ClN2/c1-3-14(17)13-9-12(16)6-7-15(13)18-8-4-5-11(2)10-18/h6-7,9,11,14H,3-5,8,10,17H2,1-2H3/t11-,14+/m0/s1. The number of anilines is 1. The molecule has 1 heterocycles. The average molecular weight is 267 g/mol. The fourth-order valence-corrected chi connectivity index (χ4v) is 2.92. The van der Waals surface area contributed by atoms with Crippen LogP contribution in [0.15, 0.2) is 18.2 Å². The van der Waals surface area contributed by atoms with E-state index in [-0.39, 0.29) is 6.04 Å². The topological polar surface area (TPSA) is 29.3 Å². The third-order valence-corrected chi connectivity index (χ3v) is 4.06. The minimum absolute atomic E-state index is 0.0796. The molecule has 0 aliphatic carbocycles. The normalized spacial score (nSPS) is 22.0. The van der Waals surface area contributed by atoms with Crippen LogP contribution < -0.4 is 10.6 Å². The summed E-state index contributed by atoms with van der Waals surface area (Å²) in [6.07, 6.45) is 3.54. The predicted octanol–water partition coefficient (Wildman–Crippen LogP) is 3.99. The van der Waals surface area contributed by atoms with Gasteiger partial charge in [-0.05, 0) is 48.9 Å². The molecule has 100 valence electrons. The molecule has 2 N–H and O–H groups in total. The summed E-state index contributed by atoms with van der Waals surface area (Å²) in [5.41, 5.74) is 8.69. The van der Waals surface area contributed by atoms with Gasteiger partial charge in [0.25, 0.3) is 0 Å². The highest BCUT2D eigenvalue weighted by molar-refractivity contribution is 6.30. The molecular weight excluding hydrogens is 244 g/mol. The zero-order valence-electron chi connectivity index (χ0n) is 11.3. The second kappa shape index (κ2) is 5.94. The second-order valence-electron chi connectivity index (χ2n) is 5.41. The first-order chi connectivity index (χ1) is 8.61. The van der Waals surface area contributed by atoms with E-state index in [0.29, 0.717) is 0 Å². The van der Waals surface area contributed by atoms with Crippen molar-refractivity contribution in [1.82, 2.24) is 0 Å². The van der Waals surface area contributed by atoms with E-state index in [9.17, 15) is 0 Å². The lowest BCUT2D eigenvalue weighted by Crippen LogP contribution is -2.35. The summed E-state index contributed by atoms with van der Waals surface area (Å²) in [6, 6.07) is 6.22. The molecule has 1 aromatic carbocycles. The molecule has 2 nitrogen and oxygen atoms in total. The Morgan fingerprint density at radius 1 is 1.50 bits per heavy atom. The van der Waals surface area contributed by atoms with Gasteiger partial charge in [0.2, 0.25) is 0 Å². The fourth-order valence-electron chi connectivity index (χ4n) is 2.74. The number of piperidine rings is 1. The SMILES string of the molecule is CC[C@@H](N)c1cc(Cl)ccc1N1CCC[C@H](C)C1. The molecule has 1 aliphatic heterocycles. The van der Waals surface area contributed by atoms with E-state index in [4.69, 9.17) is 17.3 Å². The largest absolute Gasteiger partial charge is 0.371 e. The smallest absolute Gasteiger partial charge is 0.0415 e. The molecule has 1 fully saturated rings. The zero-order chi connectivity index (χ0) is 13.1. The van der Waals surface area contributed by atoms with Crippen LogP contribution >= 0.6 is 11.6 Å². The van der Waals surface area contributed by atoms with Crippen LogP contribution in [0.3, 0.4) is 0 Å². The molecule has 2 rings (SSSR count). The zero-order valence-corrected chi connectivity index (χ0v) is 12.1. The predicted molar refractivity (Wildman–Crippen MR) is 79.3 cm³/mol. The van der Waals surface area contributed by atoms with Gasteiger partial charge in [0.1, 0.15) is 0 Å². The van der Waals surface area contributed by atoms with E-state index >= 15 is 0 Å². The van der Waals surface area contributed by atoms with Crippen molar-refractivity contribution in [1.29, 1.82) is 0 Å². The van der Waals surface area contributed by atoms with Crippen LogP contribution in [-0.2, 0) is 0 Å². The lowest BCUT2D eigenvalue weighted by Gasteiger charge is -2.35. The van der Waals surface area contributed by atoms with E-state index in [1.807, 2.05) is 12.1 Å². The maximum absolute atomic E-state index is 6.22. The van der Waals surface area contributed by atoms with Gasteiger partial charge in [-0.2, -0.15) is 0 Å². The van der Waals surface area contributed by atoms with Crippen LogP contribution in [0.2, 0.25) is 5.02 Å². The number of hydrogen-bond acceptors (Lipinski definition) is 2. The van der Waals surface area contributed by atoms with Crippen molar-refractivity contribution in [2.45, 2.75) is 39.2 Å². The summed E-state index contributed by atoms with van der Waals surface area (Å²) < 4.78 is 0. The van der Waals surface area contributed by atoms with Crippen molar-refractivity contribution in [2.24, 2.45) is 11.7 Å². The van der Waals surface area contributed by atoms with Gasteiger partial charge < -0.3 is 10.6 Å². The maximum atomic E-state index is 6.22. The minimum Gasteiger partial charge on any atom is -0.371 e. The van der Waals surface area contributed by atoms with Gasteiger partial charge in [-0.15, -0.1) is 0 Å². The Bertz CT molecular complexity index is 405. The van der Waals surface area contributed by atoms with Crippen molar-refractivity contribution in [3.8, 4) is 0 Å². The first kappa shape index (κ1) is 13.7. The molecule has 3 heteroatoms. The number of halogens is 1. The second-order valence-corrected chi connectivity index (χ2v) is 5.85. The molecular formula is C15H23ClN2. The highest BCUT2D eigenvalue weighted by atomic mass is 35.5. The van der Waals surface area contributed by atoms with Crippen molar-refractivity contribution in [2.75, 3.05) is 18.0 Å². The number of benzene rings is 1. The van der Waals surface area contributed by atoms with E-state index in [0.717, 1.165) is 30.5 Å². The Balaban J connectivity index is 2.30. The molecule has 2 atom stereocenters. The van der Waals surface area contributed by atoms with Crippen LogP contribution in [0, 0.1) is 5.92 Å². The number of rotatable bonds is 3. The first-order valence-corrected chi connectivity index (χ1v) is 7.29. The van der Waals surface area contributed by atoms with Gasteiger partial charge in [-0.3, -0.25) is 0 Å². The maximum Gasteiger partial charge on any atom is 0.0415 e. The summed E-state index contributed by atoms with van der Waals surface area (Å²) in [7, 11) is 0.